The highest BCUT2D eigenvalue weighted by molar-refractivity contribution is 7.78. The molecule has 0 aliphatic rings. The van der Waals surface area contributed by atoms with Crippen molar-refractivity contribution in [3.63, 3.8) is 0 Å². The van der Waals surface area contributed by atoms with Gasteiger partial charge in [-0.05, 0) is 12.2 Å². The first-order valence-corrected chi connectivity index (χ1v) is 2.64. The second kappa shape index (κ2) is 5.83. The summed E-state index contributed by atoms with van der Waals surface area (Å²) in [5.74, 6) is 0.473. The molecular formula is C4H4ClNS. The van der Waals surface area contributed by atoms with Gasteiger partial charge >= 0.3 is 0 Å². The lowest BCUT2D eigenvalue weighted by molar-refractivity contribution is 1.56. The summed E-state index contributed by atoms with van der Waals surface area (Å²) in [7, 11) is 0. The van der Waals surface area contributed by atoms with Gasteiger partial charge in [-0.15, -0.1) is 11.6 Å². The molecule has 0 aromatic carbocycles. The highest BCUT2D eigenvalue weighted by Crippen LogP contribution is 1.76. The van der Waals surface area contributed by atoms with Crippen LogP contribution in [-0.2, 0) is 0 Å². The van der Waals surface area contributed by atoms with E-state index < -0.39 is 0 Å². The average molecular weight is 134 g/mol. The van der Waals surface area contributed by atoms with E-state index in [4.69, 9.17) is 11.6 Å². The molecular weight excluding hydrogens is 130 g/mol. The minimum atomic E-state index is 0.473. The lowest BCUT2D eigenvalue weighted by atomic mass is 10.7. The molecule has 0 aliphatic carbocycles. The van der Waals surface area contributed by atoms with Crippen LogP contribution in [0.2, 0.25) is 0 Å². The van der Waals surface area contributed by atoms with E-state index in [-0.39, 0.29) is 0 Å². The Kier molecular flexibility index (Phi) is 5.69. The van der Waals surface area contributed by atoms with Gasteiger partial charge in [0.05, 0.1) is 5.16 Å². The topological polar surface area (TPSA) is 12.4 Å². The van der Waals surface area contributed by atoms with Crippen molar-refractivity contribution in [1.82, 2.24) is 0 Å². The molecule has 38 valence electrons. The van der Waals surface area contributed by atoms with E-state index in [1.165, 1.54) is 6.20 Å². The number of nitrogens with zero attached hydrogens (tertiary/aromatic N) is 1. The molecule has 0 atom stereocenters. The van der Waals surface area contributed by atoms with E-state index in [1.807, 2.05) is 0 Å². The summed E-state index contributed by atoms with van der Waals surface area (Å²) in [4.78, 5) is 3.46. The van der Waals surface area contributed by atoms with Gasteiger partial charge in [0.15, 0.2) is 0 Å². The first-order chi connectivity index (χ1) is 3.41. The Morgan fingerprint density at radius 3 is 3.00 bits per heavy atom. The van der Waals surface area contributed by atoms with Gasteiger partial charge in [0.25, 0.3) is 0 Å². The first-order valence-electron chi connectivity index (χ1n) is 1.69. The molecule has 0 N–H and O–H groups in total. The summed E-state index contributed by atoms with van der Waals surface area (Å²) < 4.78 is 0. The van der Waals surface area contributed by atoms with Gasteiger partial charge in [-0.1, -0.05) is 6.08 Å². The molecule has 3 heteroatoms. The van der Waals surface area contributed by atoms with Crippen molar-refractivity contribution in [3.8, 4) is 0 Å². The number of allylic oxidation sites excluding steroid dienone is 1. The Balaban J connectivity index is 3.27. The van der Waals surface area contributed by atoms with Crippen LogP contribution in [0.4, 0.5) is 0 Å². The molecule has 0 radical (unpaired) electrons. The second-order valence-electron chi connectivity index (χ2n) is 0.759. The second-order valence-corrected chi connectivity index (χ2v) is 1.25. The highest BCUT2D eigenvalue weighted by atomic mass is 35.5. The summed E-state index contributed by atoms with van der Waals surface area (Å²) in [5.41, 5.74) is 0. The number of aliphatic imine (C=N–C) groups is 1. The molecule has 1 nitrogen and oxygen atoms in total. The van der Waals surface area contributed by atoms with Gasteiger partial charge < -0.3 is 0 Å². The molecule has 0 bridgehead atoms. The monoisotopic (exact) mass is 133 g/mol. The maximum absolute atomic E-state index is 5.23. The van der Waals surface area contributed by atoms with Crippen molar-refractivity contribution in [2.24, 2.45) is 4.99 Å². The fourth-order valence-corrected chi connectivity index (χ4v) is 0.264. The van der Waals surface area contributed by atoms with Crippen molar-refractivity contribution < 1.29 is 0 Å². The van der Waals surface area contributed by atoms with Crippen LogP contribution >= 0.6 is 23.8 Å². The number of halogens is 1. The zero-order chi connectivity index (χ0) is 5.54. The third-order valence-electron chi connectivity index (χ3n) is 0.322. The number of rotatable bonds is 2. The predicted molar refractivity (Wildman–Crippen MR) is 34.9 cm³/mol. The quantitative estimate of drug-likeness (QED) is 0.318. The van der Waals surface area contributed by atoms with Crippen LogP contribution in [0.5, 0.6) is 0 Å². The van der Waals surface area contributed by atoms with E-state index in [0.717, 1.165) is 0 Å². The van der Waals surface area contributed by atoms with Crippen LogP contribution in [-0.4, -0.2) is 11.0 Å². The zero-order valence-corrected chi connectivity index (χ0v) is 5.17. The lowest BCUT2D eigenvalue weighted by Crippen LogP contribution is -1.54. The van der Waals surface area contributed by atoms with Crippen molar-refractivity contribution in [2.75, 3.05) is 5.88 Å². The van der Waals surface area contributed by atoms with Crippen LogP contribution in [0.15, 0.2) is 17.3 Å². The Morgan fingerprint density at radius 2 is 2.57 bits per heavy atom. The number of hydrogen-bond acceptors (Lipinski definition) is 2. The van der Waals surface area contributed by atoms with E-state index >= 15 is 0 Å². The third kappa shape index (κ3) is 5.83. The molecule has 0 amide bonds. The Hall–Kier alpha value is -0.170. The number of isothiocyanates is 1. The molecule has 0 aliphatic heterocycles. The molecule has 0 aromatic heterocycles. The predicted octanol–water partition coefficient (Wildman–Crippen LogP) is 1.84. The van der Waals surface area contributed by atoms with Crippen LogP contribution in [0.25, 0.3) is 0 Å². The van der Waals surface area contributed by atoms with Crippen molar-refractivity contribution in [1.29, 1.82) is 0 Å². The summed E-state index contributed by atoms with van der Waals surface area (Å²) in [6.45, 7) is 0. The molecule has 0 fully saturated rings. The number of alkyl halides is 1. The standard InChI is InChI=1S/C4H4ClNS/c5-2-1-3-6-4-7/h1,3H,2H2/b3-1-. The zero-order valence-electron chi connectivity index (χ0n) is 3.60. The van der Waals surface area contributed by atoms with Crippen LogP contribution in [0, 0.1) is 0 Å². The number of thiocarbonyl (C=S) groups is 1. The molecule has 0 saturated carbocycles. The Morgan fingerprint density at radius 1 is 1.86 bits per heavy atom. The van der Waals surface area contributed by atoms with Crippen LogP contribution in [0.1, 0.15) is 0 Å². The Bertz CT molecular complexity index is 104. The molecule has 0 rings (SSSR count). The molecule has 0 spiro atoms. The summed E-state index contributed by atoms with van der Waals surface area (Å²) in [6, 6.07) is 0. The van der Waals surface area contributed by atoms with Crippen molar-refractivity contribution >= 4 is 29.0 Å². The van der Waals surface area contributed by atoms with Gasteiger partial charge in [-0.2, -0.15) is 0 Å². The largest absolute Gasteiger partial charge is 0.203 e. The first kappa shape index (κ1) is 6.83. The fraction of sp³-hybridized carbons (Fsp3) is 0.250. The minimum absolute atomic E-state index is 0.473. The van der Waals surface area contributed by atoms with Gasteiger partial charge in [-0.3, -0.25) is 0 Å². The average Bonchev–Trinajstić information content (AvgIpc) is 1.69. The summed E-state index contributed by atoms with van der Waals surface area (Å²) in [5, 5.41) is 2.17. The maximum atomic E-state index is 5.23. The lowest BCUT2D eigenvalue weighted by Gasteiger charge is -1.65. The molecule has 0 unspecified atom stereocenters. The van der Waals surface area contributed by atoms with Crippen molar-refractivity contribution in [2.45, 2.75) is 0 Å². The van der Waals surface area contributed by atoms with E-state index in [1.54, 1.807) is 6.08 Å². The smallest absolute Gasteiger partial charge is 0.0634 e. The summed E-state index contributed by atoms with van der Waals surface area (Å²) in [6.07, 6.45) is 3.20. The number of hydrogen-bond donors (Lipinski definition) is 0. The normalized spacial score (nSPS) is 8.71. The van der Waals surface area contributed by atoms with Gasteiger partial charge in [0.2, 0.25) is 0 Å². The third-order valence-corrected chi connectivity index (χ3v) is 0.605. The molecule has 0 aromatic rings. The molecule has 7 heavy (non-hydrogen) atoms. The van der Waals surface area contributed by atoms with Crippen LogP contribution < -0.4 is 0 Å². The van der Waals surface area contributed by atoms with Crippen molar-refractivity contribution in [3.05, 3.63) is 12.3 Å². The van der Waals surface area contributed by atoms with E-state index in [0.29, 0.717) is 5.88 Å². The SMILES string of the molecule is S=C=N/C=C\CCl. The van der Waals surface area contributed by atoms with Gasteiger partial charge in [0, 0.05) is 12.1 Å². The maximum Gasteiger partial charge on any atom is 0.0634 e. The van der Waals surface area contributed by atoms with E-state index in [9.17, 15) is 0 Å². The van der Waals surface area contributed by atoms with Crippen LogP contribution in [0.3, 0.4) is 0 Å². The fourth-order valence-electron chi connectivity index (χ4n) is 0.123. The van der Waals surface area contributed by atoms with Gasteiger partial charge in [-0.25, -0.2) is 4.99 Å². The highest BCUT2D eigenvalue weighted by Gasteiger charge is 1.59. The molecule has 0 heterocycles. The van der Waals surface area contributed by atoms with Gasteiger partial charge in [0.1, 0.15) is 0 Å². The minimum Gasteiger partial charge on any atom is -0.203 e. The molecule has 0 saturated heterocycles. The Labute approximate surface area is 52.7 Å². The van der Waals surface area contributed by atoms with E-state index in [2.05, 4.69) is 22.4 Å². The summed E-state index contributed by atoms with van der Waals surface area (Å²) >= 11 is 9.48.